The van der Waals surface area contributed by atoms with Crippen molar-refractivity contribution in [3.8, 4) is 56.4 Å². The monoisotopic (exact) mass is 1470 g/mol. The number of rotatable bonds is 8. The Morgan fingerprint density at radius 3 is 1.07 bits per heavy atom. The maximum Gasteiger partial charge on any atom is 0.252 e. The van der Waals surface area contributed by atoms with Crippen molar-refractivity contribution in [2.24, 2.45) is 0 Å². The maximum atomic E-state index is 7.41. The molecular formula is C107H98BN3O2. The fourth-order valence-corrected chi connectivity index (χ4v) is 19.2. The number of nitrogens with zero attached hydrogens (tertiary/aromatic N) is 3. The summed E-state index contributed by atoms with van der Waals surface area (Å²) in [6.07, 6.45) is 0. The molecule has 0 aliphatic carbocycles. The number of anilines is 9. The summed E-state index contributed by atoms with van der Waals surface area (Å²) in [5.74, 6) is 3.49. The Morgan fingerprint density at radius 2 is 0.628 bits per heavy atom. The van der Waals surface area contributed by atoms with Crippen LogP contribution in [-0.2, 0) is 37.9 Å². The summed E-state index contributed by atoms with van der Waals surface area (Å²) in [7, 11) is 0. The van der Waals surface area contributed by atoms with Crippen molar-refractivity contribution in [2.75, 3.05) is 14.7 Å². The molecule has 0 spiro atoms. The van der Waals surface area contributed by atoms with E-state index in [9.17, 15) is 0 Å². The highest BCUT2D eigenvalue weighted by Crippen LogP contribution is 2.61. The van der Waals surface area contributed by atoms with Gasteiger partial charge in [-0.2, -0.15) is 0 Å². The third-order valence-electron chi connectivity index (χ3n) is 25.5. The van der Waals surface area contributed by atoms with Crippen LogP contribution in [0.5, 0.6) is 23.0 Å². The number of hydrogen-bond donors (Lipinski definition) is 0. The Kier molecular flexibility index (Phi) is 16.2. The Balaban J connectivity index is 0.989. The van der Waals surface area contributed by atoms with E-state index in [4.69, 9.17) is 9.47 Å². The molecule has 5 aliphatic rings. The van der Waals surface area contributed by atoms with Crippen molar-refractivity contribution < 1.29 is 9.47 Å². The van der Waals surface area contributed by atoms with E-state index in [1.807, 2.05) is 0 Å². The van der Waals surface area contributed by atoms with E-state index >= 15 is 0 Å². The van der Waals surface area contributed by atoms with E-state index in [1.54, 1.807) is 0 Å². The molecule has 5 heterocycles. The molecule has 0 bridgehead atoms. The number of hydrogen-bond acceptors (Lipinski definition) is 5. The smallest absolute Gasteiger partial charge is 0.252 e. The van der Waals surface area contributed by atoms with Crippen LogP contribution in [0.1, 0.15) is 178 Å². The second-order valence-corrected chi connectivity index (χ2v) is 37.3. The van der Waals surface area contributed by atoms with E-state index in [0.29, 0.717) is 0 Å². The first-order valence-electron chi connectivity index (χ1n) is 40.5. The predicted octanol–water partition coefficient (Wildman–Crippen LogP) is 27.0. The summed E-state index contributed by atoms with van der Waals surface area (Å²) < 4.78 is 14.8. The summed E-state index contributed by atoms with van der Waals surface area (Å²) in [5, 5.41) is 0. The minimum atomic E-state index is -0.781. The van der Waals surface area contributed by atoms with E-state index in [0.717, 1.165) is 141 Å². The zero-order chi connectivity index (χ0) is 78.2. The van der Waals surface area contributed by atoms with Gasteiger partial charge in [0.2, 0.25) is 0 Å². The second-order valence-electron chi connectivity index (χ2n) is 37.3. The van der Waals surface area contributed by atoms with Crippen LogP contribution in [0.3, 0.4) is 0 Å². The topological polar surface area (TPSA) is 28.2 Å². The first kappa shape index (κ1) is 71.5. The van der Waals surface area contributed by atoms with Crippen molar-refractivity contribution >= 4 is 74.3 Å². The molecule has 5 aliphatic heterocycles. The standard InChI is InChI=1S/C107H98BN3O2/c1-101(2,3)71-49-44-67(45-50-71)78-61-75(103(7,8)9)53-56-88(78)110-92-63-84-98(112-96-42-30-27-39-81(96)105(84,13)14)65-86(92)108-87-66-99-85(106(15,16)82-40-28-31-43-97(82)113-99)64-93(87)111(89-57-54-76(104(10,11)12)62-79(89)68-46-51-72(52-47-68)102(4,5)6)95-60-70(59-94(110)100(95)108)69-48-55-91-83(58-69)107(73-32-20-17-21-33-73,74-34-22-18-23-35-74)80-38-26-29-41-90(80)109(91)77-36-24-19-25-37-77/h17-66H,1-16H3. The molecule has 0 amide bonds. The van der Waals surface area contributed by atoms with Gasteiger partial charge < -0.3 is 24.2 Å². The van der Waals surface area contributed by atoms with Crippen molar-refractivity contribution in [1.29, 1.82) is 0 Å². The van der Waals surface area contributed by atoms with Gasteiger partial charge in [0.05, 0.1) is 28.2 Å². The van der Waals surface area contributed by atoms with Crippen LogP contribution < -0.4 is 40.6 Å². The Hall–Kier alpha value is -11.9. The third-order valence-corrected chi connectivity index (χ3v) is 25.5. The van der Waals surface area contributed by atoms with Crippen molar-refractivity contribution in [2.45, 2.75) is 149 Å². The number of ether oxygens (including phenoxy) is 2. The number of para-hydroxylation sites is 4. The SMILES string of the molecule is CC(C)(C)c1ccc(-c2cc(C(C)(C)C)ccc2N2c3cc4c(cc3B3c5cc6c(cc5N(c5ccc(C(C)(C)C)cc5-c5ccc(C(C)(C)C)cc5)c5cc(-c7ccc8c(c7)C(c7ccccc7)(c7ccccc7)c7ccccc7N8c7ccccc7)cc2c53)C(C)(C)c2ccccc2O6)Oc2ccccc2C4(C)C)cc1. The van der Waals surface area contributed by atoms with Crippen LogP contribution in [0.15, 0.2) is 303 Å². The minimum Gasteiger partial charge on any atom is -0.457 e. The van der Waals surface area contributed by atoms with Crippen molar-refractivity contribution in [1.82, 2.24) is 0 Å². The first-order valence-corrected chi connectivity index (χ1v) is 40.5. The summed E-state index contributed by atoms with van der Waals surface area (Å²) in [5.41, 5.74) is 32.4. The molecule has 5 nitrogen and oxygen atoms in total. The predicted molar refractivity (Wildman–Crippen MR) is 475 cm³/mol. The Labute approximate surface area is 669 Å². The number of fused-ring (bicyclic) bond motifs is 10. The second kappa shape index (κ2) is 25.6. The van der Waals surface area contributed by atoms with Gasteiger partial charge in [0.25, 0.3) is 6.71 Å². The zero-order valence-electron chi connectivity index (χ0n) is 68.1. The van der Waals surface area contributed by atoms with Gasteiger partial charge >= 0.3 is 0 Å². The summed E-state index contributed by atoms with van der Waals surface area (Å²) in [4.78, 5) is 7.86. The Bertz CT molecular complexity index is 5860. The molecule has 556 valence electrons. The van der Waals surface area contributed by atoms with Crippen LogP contribution >= 0.6 is 0 Å². The third kappa shape index (κ3) is 11.3. The van der Waals surface area contributed by atoms with Gasteiger partial charge in [0.15, 0.2) is 0 Å². The van der Waals surface area contributed by atoms with E-state index in [2.05, 4.69) is 429 Å². The van der Waals surface area contributed by atoms with Crippen LogP contribution in [0.25, 0.3) is 33.4 Å². The fraction of sp³-hybridized carbons (Fsp3) is 0.215. The van der Waals surface area contributed by atoms with Gasteiger partial charge in [-0.1, -0.05) is 311 Å². The molecular weight excluding hydrogens is 1370 g/mol. The van der Waals surface area contributed by atoms with E-state index in [1.165, 1.54) is 50.0 Å². The van der Waals surface area contributed by atoms with Gasteiger partial charge in [-0.05, 0) is 208 Å². The van der Waals surface area contributed by atoms with E-state index < -0.39 is 16.2 Å². The highest BCUT2D eigenvalue weighted by Gasteiger charge is 2.51. The van der Waals surface area contributed by atoms with Crippen LogP contribution in [0.2, 0.25) is 0 Å². The quantitative estimate of drug-likeness (QED) is 0.141. The molecule has 0 aromatic heterocycles. The lowest BCUT2D eigenvalue weighted by Crippen LogP contribution is -2.61. The molecule has 14 aromatic carbocycles. The molecule has 0 saturated carbocycles. The molecule has 0 unspecified atom stereocenters. The summed E-state index contributed by atoms with van der Waals surface area (Å²) in [6.45, 7) is 37.1. The molecule has 0 fully saturated rings. The molecule has 0 saturated heterocycles. The van der Waals surface area contributed by atoms with Gasteiger partial charge in [0.1, 0.15) is 23.0 Å². The maximum absolute atomic E-state index is 7.41. The first-order chi connectivity index (χ1) is 54.1. The zero-order valence-corrected chi connectivity index (χ0v) is 68.1. The molecule has 19 rings (SSSR count). The normalized spacial score (nSPS) is 15.2. The van der Waals surface area contributed by atoms with Crippen molar-refractivity contribution in [3.63, 3.8) is 0 Å². The molecule has 0 radical (unpaired) electrons. The van der Waals surface area contributed by atoms with E-state index in [-0.39, 0.29) is 28.4 Å². The fourth-order valence-electron chi connectivity index (χ4n) is 19.2. The molecule has 14 aromatic rings. The lowest BCUT2D eigenvalue weighted by molar-refractivity contribution is 0.418. The van der Waals surface area contributed by atoms with Gasteiger partial charge in [-0.25, -0.2) is 0 Å². The Morgan fingerprint density at radius 1 is 0.257 bits per heavy atom. The summed E-state index contributed by atoms with van der Waals surface area (Å²) in [6, 6.07) is 116. The highest BCUT2D eigenvalue weighted by molar-refractivity contribution is 7.00. The number of benzene rings is 14. The molecule has 113 heavy (non-hydrogen) atoms. The largest absolute Gasteiger partial charge is 0.457 e. The summed E-state index contributed by atoms with van der Waals surface area (Å²) >= 11 is 0. The lowest BCUT2D eigenvalue weighted by atomic mass is 9.33. The average Bonchev–Trinajstić information content (AvgIpc) is 0.685. The van der Waals surface area contributed by atoms with Gasteiger partial charge in [-0.3, -0.25) is 0 Å². The minimum absolute atomic E-state index is 0.0579. The van der Waals surface area contributed by atoms with Gasteiger partial charge in [0, 0.05) is 72.6 Å². The van der Waals surface area contributed by atoms with Crippen molar-refractivity contribution in [3.05, 3.63) is 370 Å². The lowest BCUT2D eigenvalue weighted by Gasteiger charge is -2.47. The molecule has 0 N–H and O–H groups in total. The average molecular weight is 1470 g/mol. The van der Waals surface area contributed by atoms with Gasteiger partial charge in [-0.15, -0.1) is 0 Å². The highest BCUT2D eigenvalue weighted by atomic mass is 16.5. The molecule has 0 atom stereocenters. The molecule has 6 heteroatoms. The van der Waals surface area contributed by atoms with Crippen LogP contribution in [0, 0.1) is 0 Å². The van der Waals surface area contributed by atoms with Crippen LogP contribution in [-0.4, -0.2) is 6.71 Å². The van der Waals surface area contributed by atoms with Crippen LogP contribution in [0.4, 0.5) is 51.2 Å².